The Balaban J connectivity index is 1.04. The highest BCUT2D eigenvalue weighted by Gasteiger charge is 2.56. The summed E-state index contributed by atoms with van der Waals surface area (Å²) in [5, 5.41) is 3.35. The Hall–Kier alpha value is -1.14. The number of carbonyl (C=O) groups excluding carboxylic acids is 2. The minimum Gasteiger partial charge on any atom is -0.381 e. The van der Waals surface area contributed by atoms with Crippen LogP contribution < -0.4 is 5.32 Å². The lowest BCUT2D eigenvalue weighted by Crippen LogP contribution is -2.58. The number of carbonyl (C=O) groups is 2. The van der Waals surface area contributed by atoms with Gasteiger partial charge in [0.15, 0.2) is 0 Å². The lowest BCUT2D eigenvalue weighted by molar-refractivity contribution is -0.160. The van der Waals surface area contributed by atoms with E-state index in [2.05, 4.69) is 10.2 Å². The van der Waals surface area contributed by atoms with E-state index >= 15 is 0 Å². The molecule has 4 aliphatic carbocycles. The number of ether oxygens (including phenoxy) is 1. The highest BCUT2D eigenvalue weighted by molar-refractivity contribution is 5.91. The fraction of sp³-hybridized carbons (Fsp3) is 0.923. The molecule has 1 N–H and O–H groups in total. The molecule has 2 amide bonds. The van der Waals surface area contributed by atoms with Crippen LogP contribution in [0.5, 0.6) is 0 Å². The van der Waals surface area contributed by atoms with E-state index in [1.54, 1.807) is 0 Å². The van der Waals surface area contributed by atoms with Crippen LogP contribution in [0, 0.1) is 29.1 Å². The Morgan fingerprint density at radius 3 is 2.22 bits per heavy atom. The van der Waals surface area contributed by atoms with Gasteiger partial charge in [-0.15, -0.1) is 0 Å². The molecule has 3 aliphatic heterocycles. The van der Waals surface area contributed by atoms with E-state index in [1.807, 2.05) is 4.90 Å². The Labute approximate surface area is 192 Å². The maximum atomic E-state index is 13.8. The second-order valence-electron chi connectivity index (χ2n) is 12.2. The van der Waals surface area contributed by atoms with E-state index in [0.29, 0.717) is 11.8 Å². The van der Waals surface area contributed by atoms with Crippen molar-refractivity contribution in [3.8, 4) is 0 Å². The summed E-state index contributed by atoms with van der Waals surface area (Å²) >= 11 is 0. The van der Waals surface area contributed by atoms with Gasteiger partial charge in [0, 0.05) is 38.8 Å². The van der Waals surface area contributed by atoms with Gasteiger partial charge in [0.25, 0.3) is 0 Å². The van der Waals surface area contributed by atoms with Gasteiger partial charge in [-0.1, -0.05) is 0 Å². The average Bonchev–Trinajstić information content (AvgIpc) is 3.46. The zero-order chi connectivity index (χ0) is 21.7. The maximum absolute atomic E-state index is 13.8. The van der Waals surface area contributed by atoms with Crippen LogP contribution in [0.2, 0.25) is 0 Å². The molecule has 32 heavy (non-hydrogen) atoms. The summed E-state index contributed by atoms with van der Waals surface area (Å²) < 4.78 is 5.52. The summed E-state index contributed by atoms with van der Waals surface area (Å²) in [6.07, 6.45) is 12.4. The van der Waals surface area contributed by atoms with Crippen LogP contribution >= 0.6 is 0 Å². The fourth-order valence-corrected chi connectivity index (χ4v) is 8.61. The summed E-state index contributed by atoms with van der Waals surface area (Å²) in [5.41, 5.74) is -0.132. The number of likely N-dealkylation sites (tertiary alicyclic amines) is 2. The third kappa shape index (κ3) is 4.00. The van der Waals surface area contributed by atoms with Crippen molar-refractivity contribution >= 4 is 11.8 Å². The largest absolute Gasteiger partial charge is 0.381 e. The number of nitrogens with one attached hydrogen (secondary N) is 1. The van der Waals surface area contributed by atoms with E-state index in [0.717, 1.165) is 102 Å². The van der Waals surface area contributed by atoms with E-state index in [1.165, 1.54) is 25.7 Å². The lowest BCUT2D eigenvalue weighted by atomic mass is 9.49. The number of hydrogen-bond acceptors (Lipinski definition) is 4. The van der Waals surface area contributed by atoms with Gasteiger partial charge in [-0.2, -0.15) is 0 Å². The second-order valence-corrected chi connectivity index (χ2v) is 12.2. The number of amides is 2. The smallest absolute Gasteiger partial charge is 0.243 e. The third-order valence-corrected chi connectivity index (χ3v) is 9.78. The molecule has 0 radical (unpaired) electrons. The normalized spacial score (nSPS) is 42.0. The summed E-state index contributed by atoms with van der Waals surface area (Å²) in [5.74, 6) is 3.43. The molecule has 3 saturated heterocycles. The van der Waals surface area contributed by atoms with E-state index in [4.69, 9.17) is 4.74 Å². The van der Waals surface area contributed by atoms with Crippen molar-refractivity contribution < 1.29 is 14.3 Å². The average molecular weight is 444 g/mol. The Bertz CT molecular complexity index is 691. The first-order valence-electron chi connectivity index (χ1n) is 13.5. The van der Waals surface area contributed by atoms with E-state index < -0.39 is 0 Å². The van der Waals surface area contributed by atoms with Crippen molar-refractivity contribution in [1.29, 1.82) is 0 Å². The molecule has 178 valence electrons. The SMILES string of the molecule is O=C(NC1CCN(CC2CCOC2)CC1)C1CCCN1C(=O)C12CC3CC(CC(C3)C1)C2. The van der Waals surface area contributed by atoms with Crippen molar-refractivity contribution in [1.82, 2.24) is 15.1 Å². The summed E-state index contributed by atoms with van der Waals surface area (Å²) in [7, 11) is 0. The summed E-state index contributed by atoms with van der Waals surface area (Å²) in [4.78, 5) is 31.7. The molecular formula is C26H41N3O3. The molecule has 6 nitrogen and oxygen atoms in total. The molecule has 3 heterocycles. The standard InChI is InChI=1S/C26H41N3O3/c30-24(27-22-3-7-28(8-4-22)16-18-5-9-32-17-18)23-2-1-6-29(23)25(31)26-13-19-10-20(14-26)12-21(11-19)15-26/h18-23H,1-17H2,(H,27,30). The van der Waals surface area contributed by atoms with Crippen LogP contribution in [0.25, 0.3) is 0 Å². The molecule has 7 fully saturated rings. The molecule has 0 aromatic heterocycles. The van der Waals surface area contributed by atoms with Crippen LogP contribution in [0.1, 0.15) is 70.6 Å². The predicted molar refractivity (Wildman–Crippen MR) is 122 cm³/mol. The molecule has 0 aromatic rings. The Morgan fingerprint density at radius 1 is 0.906 bits per heavy atom. The van der Waals surface area contributed by atoms with Gasteiger partial charge in [-0.25, -0.2) is 0 Å². The van der Waals surface area contributed by atoms with Crippen LogP contribution in [-0.4, -0.2) is 73.1 Å². The van der Waals surface area contributed by atoms with E-state index in [-0.39, 0.29) is 23.4 Å². The first-order chi connectivity index (χ1) is 15.6. The van der Waals surface area contributed by atoms with Crippen LogP contribution in [0.4, 0.5) is 0 Å². The first-order valence-corrected chi connectivity index (χ1v) is 13.5. The van der Waals surface area contributed by atoms with Crippen LogP contribution in [-0.2, 0) is 14.3 Å². The summed E-state index contributed by atoms with van der Waals surface area (Å²) in [6.45, 7) is 5.85. The fourth-order valence-electron chi connectivity index (χ4n) is 8.61. The molecule has 6 heteroatoms. The number of piperidine rings is 1. The third-order valence-electron chi connectivity index (χ3n) is 9.78. The Kier molecular flexibility index (Phi) is 5.73. The number of nitrogens with zero attached hydrogens (tertiary/aromatic N) is 2. The zero-order valence-electron chi connectivity index (χ0n) is 19.6. The highest BCUT2D eigenvalue weighted by atomic mass is 16.5. The van der Waals surface area contributed by atoms with E-state index in [9.17, 15) is 9.59 Å². The molecule has 4 bridgehead atoms. The molecule has 0 spiro atoms. The van der Waals surface area contributed by atoms with Crippen LogP contribution in [0.3, 0.4) is 0 Å². The van der Waals surface area contributed by atoms with Gasteiger partial charge in [-0.05, 0) is 94.3 Å². The molecule has 2 unspecified atom stereocenters. The Morgan fingerprint density at radius 2 is 1.59 bits per heavy atom. The topological polar surface area (TPSA) is 61.9 Å². The molecule has 2 atom stereocenters. The zero-order valence-corrected chi connectivity index (χ0v) is 19.6. The van der Waals surface area contributed by atoms with Gasteiger partial charge in [0.05, 0.1) is 12.0 Å². The van der Waals surface area contributed by atoms with Gasteiger partial charge < -0.3 is 19.9 Å². The maximum Gasteiger partial charge on any atom is 0.243 e. The molecule has 7 aliphatic rings. The predicted octanol–water partition coefficient (Wildman–Crippen LogP) is 2.81. The van der Waals surface area contributed by atoms with Crippen molar-refractivity contribution in [2.24, 2.45) is 29.1 Å². The second kappa shape index (κ2) is 8.57. The van der Waals surface area contributed by atoms with Crippen molar-refractivity contribution in [2.45, 2.75) is 82.7 Å². The molecular weight excluding hydrogens is 402 g/mol. The number of rotatable bonds is 5. The van der Waals surface area contributed by atoms with Crippen molar-refractivity contribution in [2.75, 3.05) is 39.4 Å². The van der Waals surface area contributed by atoms with Gasteiger partial charge in [0.2, 0.25) is 11.8 Å². The minimum absolute atomic E-state index is 0.114. The van der Waals surface area contributed by atoms with Gasteiger partial charge >= 0.3 is 0 Å². The lowest BCUT2D eigenvalue weighted by Gasteiger charge is -2.56. The summed E-state index contributed by atoms with van der Waals surface area (Å²) in [6, 6.07) is 0.0276. The van der Waals surface area contributed by atoms with Gasteiger partial charge in [0.1, 0.15) is 6.04 Å². The monoisotopic (exact) mass is 443 g/mol. The van der Waals surface area contributed by atoms with Crippen LogP contribution in [0.15, 0.2) is 0 Å². The number of hydrogen-bond donors (Lipinski definition) is 1. The quantitative estimate of drug-likeness (QED) is 0.710. The molecule has 4 saturated carbocycles. The van der Waals surface area contributed by atoms with Gasteiger partial charge in [-0.3, -0.25) is 9.59 Å². The minimum atomic E-state index is -0.232. The van der Waals surface area contributed by atoms with Crippen molar-refractivity contribution in [3.05, 3.63) is 0 Å². The molecule has 0 aromatic carbocycles. The molecule has 7 rings (SSSR count). The highest BCUT2D eigenvalue weighted by Crippen LogP contribution is 2.60. The first kappa shape index (κ1) is 21.4. The van der Waals surface area contributed by atoms with Crippen molar-refractivity contribution in [3.63, 3.8) is 0 Å².